The normalized spacial score (nSPS) is 13.2. The van der Waals surface area contributed by atoms with Gasteiger partial charge in [-0.3, -0.25) is 14.4 Å². The Morgan fingerprint density at radius 2 is 0.719 bits per heavy atom. The van der Waals surface area contributed by atoms with Gasteiger partial charge in [0.15, 0.2) is 6.10 Å². The molecule has 0 aromatic carbocycles. The van der Waals surface area contributed by atoms with Gasteiger partial charge in [-0.05, 0) is 96.3 Å². The molecule has 0 rings (SSSR count). The van der Waals surface area contributed by atoms with Gasteiger partial charge in [0.1, 0.15) is 13.2 Å². The Kier molecular flexibility index (Phi) is 47.6. The van der Waals surface area contributed by atoms with E-state index < -0.39 is 6.10 Å². The molecule has 6 heteroatoms. The first-order valence-electron chi connectivity index (χ1n) is 25.3. The van der Waals surface area contributed by atoms with Crippen LogP contribution in [0.4, 0.5) is 0 Å². The van der Waals surface area contributed by atoms with Crippen LogP contribution in [0.2, 0.25) is 0 Å². The minimum absolute atomic E-state index is 0.122. The molecule has 0 saturated carbocycles. The highest BCUT2D eigenvalue weighted by Crippen LogP contribution is 2.12. The van der Waals surface area contributed by atoms with Crippen molar-refractivity contribution in [1.82, 2.24) is 0 Å². The standard InChI is InChI=1S/C58H90O6/c1-4-7-10-13-16-19-22-25-28-31-33-36-39-42-45-48-51-57(60)63-54-55(64-58(61)52-49-46-43-40-37-34-30-27-24-21-18-15-12-9-6-3)53-62-56(59)50-47-44-41-38-35-32-29-26-23-20-17-14-11-8-5-2/h7,9-10,12,15-21,23-28,30,33,36,42,45,55H,4-6,8,11,13-14,22,29,31-32,34-35,37-41,43-44,46-54H2,1-3H3/b10-7-,12-9-,18-15-,19-16-,20-17-,24-21-,26-23-,28-25-,30-27-,36-33-,45-42-. The fraction of sp³-hybridized carbons (Fsp3) is 0.569. The van der Waals surface area contributed by atoms with E-state index in [0.29, 0.717) is 12.8 Å². The van der Waals surface area contributed by atoms with Crippen molar-refractivity contribution in [2.75, 3.05) is 13.2 Å². The SMILES string of the molecule is CC\C=C/C=C\C=C/C=C\CCCCCCCC(=O)OC(COC(=O)CC/C=C\C/C=C\C/C=C\C/C=C\C/C=C\CC)COC(=O)CCCCCCCC/C=C\C=C/CCCCC. The Hall–Kier alpha value is -4.45. The number of hydrogen-bond acceptors (Lipinski definition) is 6. The van der Waals surface area contributed by atoms with E-state index in [1.54, 1.807) is 0 Å². The van der Waals surface area contributed by atoms with Crippen molar-refractivity contribution in [2.45, 2.75) is 200 Å². The van der Waals surface area contributed by atoms with Gasteiger partial charge in [-0.25, -0.2) is 0 Å². The first-order valence-corrected chi connectivity index (χ1v) is 25.3. The van der Waals surface area contributed by atoms with Crippen LogP contribution in [0.5, 0.6) is 0 Å². The van der Waals surface area contributed by atoms with Gasteiger partial charge in [0.05, 0.1) is 0 Å². The van der Waals surface area contributed by atoms with Crippen LogP contribution in [-0.2, 0) is 28.6 Å². The predicted octanol–water partition coefficient (Wildman–Crippen LogP) is 16.7. The average molecular weight is 883 g/mol. The summed E-state index contributed by atoms with van der Waals surface area (Å²) in [6.07, 6.45) is 71.5. The highest BCUT2D eigenvalue weighted by Gasteiger charge is 2.19. The van der Waals surface area contributed by atoms with E-state index >= 15 is 0 Å². The minimum Gasteiger partial charge on any atom is -0.462 e. The molecule has 0 aliphatic carbocycles. The van der Waals surface area contributed by atoms with E-state index in [0.717, 1.165) is 116 Å². The van der Waals surface area contributed by atoms with Gasteiger partial charge in [0.2, 0.25) is 0 Å². The molecule has 358 valence electrons. The first kappa shape index (κ1) is 59.5. The lowest BCUT2D eigenvalue weighted by Gasteiger charge is -2.18. The number of rotatable bonds is 43. The molecule has 0 aliphatic rings. The van der Waals surface area contributed by atoms with Gasteiger partial charge in [-0.2, -0.15) is 0 Å². The van der Waals surface area contributed by atoms with Gasteiger partial charge in [-0.15, -0.1) is 0 Å². The first-order chi connectivity index (χ1) is 31.5. The van der Waals surface area contributed by atoms with Crippen LogP contribution < -0.4 is 0 Å². The van der Waals surface area contributed by atoms with Gasteiger partial charge in [-0.1, -0.05) is 212 Å². The summed E-state index contributed by atoms with van der Waals surface area (Å²) in [6.45, 7) is 6.23. The Bertz CT molecular complexity index is 1430. The van der Waals surface area contributed by atoms with Crippen molar-refractivity contribution < 1.29 is 28.6 Å². The summed E-state index contributed by atoms with van der Waals surface area (Å²) >= 11 is 0. The summed E-state index contributed by atoms with van der Waals surface area (Å²) in [5, 5.41) is 0. The number of carbonyl (C=O) groups is 3. The van der Waals surface area contributed by atoms with E-state index in [1.165, 1.54) is 32.1 Å². The number of ether oxygens (including phenoxy) is 3. The topological polar surface area (TPSA) is 78.9 Å². The zero-order chi connectivity index (χ0) is 46.5. The molecule has 0 amide bonds. The maximum absolute atomic E-state index is 12.8. The molecule has 0 aromatic heterocycles. The molecule has 64 heavy (non-hydrogen) atoms. The van der Waals surface area contributed by atoms with Crippen LogP contribution in [0.1, 0.15) is 194 Å². The molecule has 0 aliphatic heterocycles. The summed E-state index contributed by atoms with van der Waals surface area (Å²) in [7, 11) is 0. The number of hydrogen-bond donors (Lipinski definition) is 0. The lowest BCUT2D eigenvalue weighted by Crippen LogP contribution is -2.30. The molecule has 0 N–H and O–H groups in total. The van der Waals surface area contributed by atoms with Crippen molar-refractivity contribution in [1.29, 1.82) is 0 Å². The molecule has 1 unspecified atom stereocenters. The zero-order valence-corrected chi connectivity index (χ0v) is 40.7. The van der Waals surface area contributed by atoms with Crippen LogP contribution in [-0.4, -0.2) is 37.2 Å². The van der Waals surface area contributed by atoms with Crippen LogP contribution in [0, 0.1) is 0 Å². The van der Waals surface area contributed by atoms with Crippen LogP contribution in [0.3, 0.4) is 0 Å². The summed E-state index contributed by atoms with van der Waals surface area (Å²) in [5.41, 5.74) is 0. The maximum Gasteiger partial charge on any atom is 0.306 e. The number of carbonyl (C=O) groups excluding carboxylic acids is 3. The van der Waals surface area contributed by atoms with Crippen molar-refractivity contribution >= 4 is 17.9 Å². The van der Waals surface area contributed by atoms with Crippen molar-refractivity contribution in [2.24, 2.45) is 0 Å². The second-order valence-corrected chi connectivity index (χ2v) is 16.1. The monoisotopic (exact) mass is 883 g/mol. The molecule has 0 spiro atoms. The van der Waals surface area contributed by atoms with Crippen LogP contribution >= 0.6 is 0 Å². The van der Waals surface area contributed by atoms with E-state index in [4.69, 9.17) is 14.2 Å². The maximum atomic E-state index is 12.8. The highest BCUT2D eigenvalue weighted by atomic mass is 16.6. The average Bonchev–Trinajstić information content (AvgIpc) is 3.29. The fourth-order valence-electron chi connectivity index (χ4n) is 6.26. The second kappa shape index (κ2) is 51.2. The van der Waals surface area contributed by atoms with Gasteiger partial charge >= 0.3 is 17.9 Å². The molecule has 0 fully saturated rings. The van der Waals surface area contributed by atoms with Crippen LogP contribution in [0.25, 0.3) is 0 Å². The largest absolute Gasteiger partial charge is 0.462 e. The Morgan fingerprint density at radius 3 is 1.22 bits per heavy atom. The third-order valence-corrected chi connectivity index (χ3v) is 10.0. The van der Waals surface area contributed by atoms with Gasteiger partial charge in [0.25, 0.3) is 0 Å². The molecule has 0 saturated heterocycles. The molecular formula is C58H90O6. The van der Waals surface area contributed by atoms with E-state index in [-0.39, 0.29) is 44.0 Å². The van der Waals surface area contributed by atoms with Crippen molar-refractivity contribution in [3.63, 3.8) is 0 Å². The summed E-state index contributed by atoms with van der Waals surface area (Å²) in [4.78, 5) is 37.9. The van der Waals surface area contributed by atoms with E-state index in [2.05, 4.69) is 118 Å². The molecule has 0 bridgehead atoms. The molecule has 1 atom stereocenters. The Balaban J connectivity index is 4.59. The summed E-state index contributed by atoms with van der Waals surface area (Å²) < 4.78 is 16.7. The lowest BCUT2D eigenvalue weighted by molar-refractivity contribution is -0.166. The van der Waals surface area contributed by atoms with Gasteiger partial charge < -0.3 is 14.2 Å². The van der Waals surface area contributed by atoms with Crippen molar-refractivity contribution in [3.05, 3.63) is 134 Å². The molecule has 0 heterocycles. The van der Waals surface area contributed by atoms with E-state index in [9.17, 15) is 14.4 Å². The third-order valence-electron chi connectivity index (χ3n) is 10.0. The lowest BCUT2D eigenvalue weighted by atomic mass is 10.1. The molecule has 0 aromatic rings. The zero-order valence-electron chi connectivity index (χ0n) is 40.7. The van der Waals surface area contributed by atoms with E-state index in [1.807, 2.05) is 36.5 Å². The Morgan fingerprint density at radius 1 is 0.344 bits per heavy atom. The molecule has 6 nitrogen and oxygen atoms in total. The number of allylic oxidation sites excluding steroid dienone is 22. The highest BCUT2D eigenvalue weighted by molar-refractivity contribution is 5.71. The summed E-state index contributed by atoms with van der Waals surface area (Å²) in [6, 6.07) is 0. The third kappa shape index (κ3) is 48.6. The Labute approximate surface area is 392 Å². The fourth-order valence-corrected chi connectivity index (χ4v) is 6.26. The number of unbranched alkanes of at least 4 members (excludes halogenated alkanes) is 14. The van der Waals surface area contributed by atoms with Gasteiger partial charge in [0, 0.05) is 19.3 Å². The number of esters is 3. The quantitative estimate of drug-likeness (QED) is 0.0200. The smallest absolute Gasteiger partial charge is 0.306 e. The summed E-state index contributed by atoms with van der Waals surface area (Å²) in [5.74, 6) is -1.05. The minimum atomic E-state index is -0.830. The second-order valence-electron chi connectivity index (χ2n) is 16.1. The van der Waals surface area contributed by atoms with Crippen LogP contribution in [0.15, 0.2) is 134 Å². The molecule has 0 radical (unpaired) electrons. The predicted molar refractivity (Wildman–Crippen MR) is 274 cm³/mol. The molecular weight excluding hydrogens is 793 g/mol. The van der Waals surface area contributed by atoms with Crippen molar-refractivity contribution in [3.8, 4) is 0 Å².